The van der Waals surface area contributed by atoms with Crippen LogP contribution in [0, 0.1) is 16.7 Å². The molecule has 0 heterocycles. The Hall–Kier alpha value is -2.82. The highest BCUT2D eigenvalue weighted by Gasteiger charge is 2.55. The summed E-state index contributed by atoms with van der Waals surface area (Å²) in [7, 11) is 0. The van der Waals surface area contributed by atoms with Crippen molar-refractivity contribution in [3.63, 3.8) is 0 Å². The van der Waals surface area contributed by atoms with E-state index in [0.717, 1.165) is 48.3 Å². The number of ketones is 1. The van der Waals surface area contributed by atoms with Crippen LogP contribution in [-0.2, 0) is 16.0 Å². The number of carbonyl (C=O) groups excluding carboxylic acids is 1. The van der Waals surface area contributed by atoms with Crippen molar-refractivity contribution in [2.45, 2.75) is 105 Å². The lowest BCUT2D eigenvalue weighted by Crippen LogP contribution is -2.50. The Morgan fingerprint density at radius 1 is 0.925 bits per heavy atom. The number of benzene rings is 2. The van der Waals surface area contributed by atoms with Gasteiger partial charge in [-0.2, -0.15) is 0 Å². The third-order valence-corrected chi connectivity index (χ3v) is 8.52. The summed E-state index contributed by atoms with van der Waals surface area (Å²) in [6.07, 6.45) is 4.77. The van der Waals surface area contributed by atoms with Crippen molar-refractivity contribution in [1.82, 2.24) is 0 Å². The fourth-order valence-electron chi connectivity index (χ4n) is 6.86. The van der Waals surface area contributed by atoms with E-state index in [1.807, 2.05) is 19.9 Å². The lowest BCUT2D eigenvalue weighted by atomic mass is 9.52. The highest BCUT2D eigenvalue weighted by atomic mass is 16.5. The molecule has 0 aromatic heterocycles. The van der Waals surface area contributed by atoms with Crippen LogP contribution in [-0.4, -0.2) is 30.1 Å². The topological polar surface area (TPSA) is 72.8 Å². The van der Waals surface area contributed by atoms with Crippen LogP contribution < -0.4 is 9.47 Å². The smallest absolute Gasteiger partial charge is 0.310 e. The SMILES string of the molecule is CCOc1cc(C(C)C(CCCCc2ccccc2)C(=O)CC2(C(=O)O)CC(C)(C)C2)cc(OCC)c1C(C)C. The third kappa shape index (κ3) is 7.67. The summed E-state index contributed by atoms with van der Waals surface area (Å²) < 4.78 is 12.2. The molecule has 1 saturated carbocycles. The van der Waals surface area contributed by atoms with Gasteiger partial charge in [-0.05, 0) is 86.5 Å². The van der Waals surface area contributed by atoms with E-state index < -0.39 is 11.4 Å². The van der Waals surface area contributed by atoms with Gasteiger partial charge < -0.3 is 14.6 Å². The van der Waals surface area contributed by atoms with Gasteiger partial charge in [0, 0.05) is 17.9 Å². The van der Waals surface area contributed by atoms with Crippen LogP contribution in [0.25, 0.3) is 0 Å². The van der Waals surface area contributed by atoms with Crippen molar-refractivity contribution >= 4 is 11.8 Å². The summed E-state index contributed by atoms with van der Waals surface area (Å²) in [6, 6.07) is 14.6. The number of carbonyl (C=O) groups is 2. The molecular formula is C35H50O5. The average molecular weight is 551 g/mol. The molecule has 1 aliphatic rings. The van der Waals surface area contributed by atoms with Gasteiger partial charge in [-0.25, -0.2) is 0 Å². The summed E-state index contributed by atoms with van der Waals surface area (Å²) in [5, 5.41) is 10.1. The normalized spacial score (nSPS) is 17.1. The largest absolute Gasteiger partial charge is 0.493 e. The molecule has 2 unspecified atom stereocenters. The molecule has 1 N–H and O–H groups in total. The van der Waals surface area contributed by atoms with Crippen LogP contribution in [0.5, 0.6) is 11.5 Å². The zero-order valence-electron chi connectivity index (χ0n) is 25.7. The van der Waals surface area contributed by atoms with Gasteiger partial charge in [-0.1, -0.05) is 71.4 Å². The van der Waals surface area contributed by atoms with Crippen molar-refractivity contribution in [1.29, 1.82) is 0 Å². The van der Waals surface area contributed by atoms with Crippen LogP contribution in [0.2, 0.25) is 0 Å². The van der Waals surface area contributed by atoms with Crippen molar-refractivity contribution in [3.8, 4) is 11.5 Å². The van der Waals surface area contributed by atoms with Crippen LogP contribution in [0.15, 0.2) is 42.5 Å². The van der Waals surface area contributed by atoms with Gasteiger partial charge in [0.25, 0.3) is 0 Å². The van der Waals surface area contributed by atoms with Gasteiger partial charge in [0.1, 0.15) is 17.3 Å². The van der Waals surface area contributed by atoms with Gasteiger partial charge in [0.05, 0.1) is 18.6 Å². The zero-order valence-corrected chi connectivity index (χ0v) is 25.7. The number of rotatable bonds is 16. The first-order valence-corrected chi connectivity index (χ1v) is 15.2. The van der Waals surface area contributed by atoms with Crippen molar-refractivity contribution in [2.75, 3.05) is 13.2 Å². The molecule has 2 aromatic carbocycles. The summed E-state index contributed by atoms with van der Waals surface area (Å²) in [6.45, 7) is 15.6. The maximum Gasteiger partial charge on any atom is 0.310 e. The third-order valence-electron chi connectivity index (χ3n) is 8.52. The molecular weight excluding hydrogens is 500 g/mol. The Kier molecular flexibility index (Phi) is 10.9. The van der Waals surface area contributed by atoms with Gasteiger partial charge >= 0.3 is 5.97 Å². The summed E-state index contributed by atoms with van der Waals surface area (Å²) >= 11 is 0. The predicted octanol–water partition coefficient (Wildman–Crippen LogP) is 8.59. The van der Waals surface area contributed by atoms with E-state index in [4.69, 9.17) is 9.47 Å². The Morgan fingerprint density at radius 3 is 1.98 bits per heavy atom. The number of unbranched alkanes of at least 4 members (excludes halogenated alkanes) is 1. The summed E-state index contributed by atoms with van der Waals surface area (Å²) in [5.41, 5.74) is 2.37. The Bertz CT molecular complexity index is 1100. The molecule has 1 aliphatic carbocycles. The molecule has 0 radical (unpaired) electrons. The molecule has 220 valence electrons. The molecule has 2 aromatic rings. The molecule has 3 rings (SSSR count). The number of carboxylic acids is 1. The van der Waals surface area contributed by atoms with Crippen LogP contribution in [0.4, 0.5) is 0 Å². The molecule has 2 atom stereocenters. The molecule has 1 fully saturated rings. The lowest BCUT2D eigenvalue weighted by Gasteiger charge is -2.50. The first-order chi connectivity index (χ1) is 18.9. The van der Waals surface area contributed by atoms with E-state index in [9.17, 15) is 14.7 Å². The second-order valence-corrected chi connectivity index (χ2v) is 12.8. The van der Waals surface area contributed by atoms with Gasteiger partial charge in [-0.3, -0.25) is 9.59 Å². The molecule has 5 nitrogen and oxygen atoms in total. The maximum absolute atomic E-state index is 14.0. The number of carboxylic acid groups (broad SMARTS) is 1. The summed E-state index contributed by atoms with van der Waals surface area (Å²) in [4.78, 5) is 26.4. The summed E-state index contributed by atoms with van der Waals surface area (Å²) in [5.74, 6) is 0.697. The van der Waals surface area contributed by atoms with Crippen LogP contribution in [0.1, 0.15) is 116 Å². The standard InChI is InChI=1S/C35H50O5/c1-8-39-30-19-27(20-31(40-9-2)32(30)24(3)4)25(5)28(18-14-13-17-26-15-11-10-12-16-26)29(36)21-35(33(37)38)22-34(6,7)23-35/h10-12,15-16,19-20,24-25,28H,8-9,13-14,17-18,21-23H2,1-7H3,(H,37,38). The number of aliphatic carboxylic acids is 1. The monoisotopic (exact) mass is 550 g/mol. The minimum absolute atomic E-state index is 0.0407. The van der Waals surface area contributed by atoms with E-state index in [1.54, 1.807) is 0 Å². The number of ether oxygens (including phenoxy) is 2. The first-order valence-electron chi connectivity index (χ1n) is 15.2. The number of aryl methyl sites for hydroxylation is 1. The second kappa shape index (κ2) is 13.7. The van der Waals surface area contributed by atoms with Gasteiger partial charge in [0.2, 0.25) is 0 Å². The Balaban J connectivity index is 1.90. The molecule has 0 aliphatic heterocycles. The van der Waals surface area contributed by atoms with E-state index in [0.29, 0.717) is 26.1 Å². The number of Topliss-reactive ketones (excluding diaryl/α,β-unsaturated/α-hetero) is 1. The van der Waals surface area contributed by atoms with Crippen LogP contribution in [0.3, 0.4) is 0 Å². The molecule has 0 spiro atoms. The Morgan fingerprint density at radius 2 is 1.50 bits per heavy atom. The molecule has 0 saturated heterocycles. The number of hydrogen-bond acceptors (Lipinski definition) is 4. The predicted molar refractivity (Wildman–Crippen MR) is 161 cm³/mol. The Labute approximate surface area is 241 Å². The molecule has 5 heteroatoms. The fourth-order valence-corrected chi connectivity index (χ4v) is 6.86. The highest BCUT2D eigenvalue weighted by molar-refractivity contribution is 5.89. The van der Waals surface area contributed by atoms with Crippen molar-refractivity contribution in [3.05, 3.63) is 59.2 Å². The van der Waals surface area contributed by atoms with Gasteiger partial charge in [0.15, 0.2) is 0 Å². The van der Waals surface area contributed by atoms with Gasteiger partial charge in [-0.15, -0.1) is 0 Å². The molecule has 0 bridgehead atoms. The minimum atomic E-state index is -0.947. The van der Waals surface area contributed by atoms with Crippen molar-refractivity contribution in [2.24, 2.45) is 16.7 Å². The molecule has 40 heavy (non-hydrogen) atoms. The fraction of sp³-hybridized carbons (Fsp3) is 0.600. The maximum atomic E-state index is 14.0. The quantitative estimate of drug-likeness (QED) is 0.212. The molecule has 0 amide bonds. The van der Waals surface area contributed by atoms with Crippen LogP contribution >= 0.6 is 0 Å². The van der Waals surface area contributed by atoms with E-state index in [2.05, 4.69) is 71.0 Å². The zero-order chi connectivity index (χ0) is 29.5. The van der Waals surface area contributed by atoms with E-state index >= 15 is 0 Å². The number of hydrogen-bond donors (Lipinski definition) is 1. The second-order valence-electron chi connectivity index (χ2n) is 12.8. The highest BCUT2D eigenvalue weighted by Crippen LogP contribution is 2.57. The minimum Gasteiger partial charge on any atom is -0.493 e. The van der Waals surface area contributed by atoms with Crippen molar-refractivity contribution < 1.29 is 24.2 Å². The first kappa shape index (κ1) is 31.7. The lowest BCUT2D eigenvalue weighted by molar-refractivity contribution is -0.167. The average Bonchev–Trinajstić information content (AvgIpc) is 2.87. The van der Waals surface area contributed by atoms with E-state index in [1.165, 1.54) is 5.56 Å². The van der Waals surface area contributed by atoms with E-state index in [-0.39, 0.29) is 35.4 Å².